The van der Waals surface area contributed by atoms with E-state index in [1.165, 1.54) is 18.7 Å². The zero-order valence-corrected chi connectivity index (χ0v) is 6.78. The lowest BCUT2D eigenvalue weighted by Gasteiger charge is -1.92. The van der Waals surface area contributed by atoms with Crippen LogP contribution in [0.25, 0.3) is 11.3 Å². The molecule has 0 bridgehead atoms. The molecule has 0 saturated heterocycles. The van der Waals surface area contributed by atoms with Crippen molar-refractivity contribution in [2.24, 2.45) is 0 Å². The van der Waals surface area contributed by atoms with Crippen LogP contribution in [0, 0.1) is 0 Å². The molecule has 70 valence electrons. The molecule has 0 amide bonds. The topological polar surface area (TPSA) is 102 Å². The standard InChI is InChI=1S/C7H4N4O3/c12-7(13)6-5(10-14-11-6)4-1-8-3-9-2-4/h1-3H,(H,12,13). The first-order valence-electron chi connectivity index (χ1n) is 3.60. The molecule has 0 radical (unpaired) electrons. The summed E-state index contributed by atoms with van der Waals surface area (Å²) in [5, 5.41) is 15.4. The SMILES string of the molecule is O=C(O)c1nonc1-c1cncnc1. The Labute approximate surface area is 77.4 Å². The Balaban J connectivity index is 2.52. The van der Waals surface area contributed by atoms with E-state index in [0.717, 1.165) is 0 Å². The van der Waals surface area contributed by atoms with Crippen molar-refractivity contribution in [1.29, 1.82) is 0 Å². The van der Waals surface area contributed by atoms with E-state index >= 15 is 0 Å². The first-order chi connectivity index (χ1) is 6.79. The highest BCUT2D eigenvalue weighted by Crippen LogP contribution is 2.17. The molecule has 0 aliphatic carbocycles. The fourth-order valence-electron chi connectivity index (χ4n) is 0.940. The number of nitrogens with zero attached hydrogens (tertiary/aromatic N) is 4. The highest BCUT2D eigenvalue weighted by atomic mass is 16.6. The second-order valence-corrected chi connectivity index (χ2v) is 2.39. The first-order valence-corrected chi connectivity index (χ1v) is 3.60. The molecule has 0 unspecified atom stereocenters. The summed E-state index contributed by atoms with van der Waals surface area (Å²) in [6.07, 6.45) is 4.19. The van der Waals surface area contributed by atoms with Crippen LogP contribution in [0.1, 0.15) is 10.5 Å². The third-order valence-electron chi connectivity index (χ3n) is 1.53. The molecule has 2 aromatic rings. The lowest BCUT2D eigenvalue weighted by Crippen LogP contribution is -1.99. The number of rotatable bonds is 2. The van der Waals surface area contributed by atoms with Crippen molar-refractivity contribution < 1.29 is 14.5 Å². The average Bonchev–Trinajstić information content (AvgIpc) is 2.67. The van der Waals surface area contributed by atoms with Crippen LogP contribution < -0.4 is 0 Å². The highest BCUT2D eigenvalue weighted by Gasteiger charge is 2.18. The van der Waals surface area contributed by atoms with Crippen LogP contribution >= 0.6 is 0 Å². The Hall–Kier alpha value is -2.31. The van der Waals surface area contributed by atoms with Crippen LogP contribution in [0.2, 0.25) is 0 Å². The second-order valence-electron chi connectivity index (χ2n) is 2.39. The van der Waals surface area contributed by atoms with E-state index in [1.54, 1.807) is 0 Å². The van der Waals surface area contributed by atoms with E-state index in [0.29, 0.717) is 5.56 Å². The van der Waals surface area contributed by atoms with Gasteiger partial charge in [0.2, 0.25) is 5.69 Å². The molecule has 0 aliphatic rings. The predicted octanol–water partition coefficient (Wildman–Crippen LogP) is 0.225. The van der Waals surface area contributed by atoms with Crippen LogP contribution in [0.15, 0.2) is 23.4 Å². The monoisotopic (exact) mass is 192 g/mol. The van der Waals surface area contributed by atoms with Gasteiger partial charge in [-0.05, 0) is 10.3 Å². The van der Waals surface area contributed by atoms with Gasteiger partial charge in [-0.15, -0.1) is 0 Å². The van der Waals surface area contributed by atoms with Crippen molar-refractivity contribution in [2.45, 2.75) is 0 Å². The largest absolute Gasteiger partial charge is 0.476 e. The van der Waals surface area contributed by atoms with Crippen molar-refractivity contribution in [2.75, 3.05) is 0 Å². The van der Waals surface area contributed by atoms with Gasteiger partial charge < -0.3 is 5.11 Å². The molecule has 0 spiro atoms. The molecule has 0 aliphatic heterocycles. The normalized spacial score (nSPS) is 10.0. The van der Waals surface area contributed by atoms with Gasteiger partial charge in [0.1, 0.15) is 6.33 Å². The third-order valence-corrected chi connectivity index (χ3v) is 1.53. The molecule has 2 aromatic heterocycles. The highest BCUT2D eigenvalue weighted by molar-refractivity contribution is 5.91. The molecular weight excluding hydrogens is 188 g/mol. The van der Waals surface area contributed by atoms with Gasteiger partial charge in [-0.3, -0.25) is 0 Å². The van der Waals surface area contributed by atoms with Crippen LogP contribution in [0.4, 0.5) is 0 Å². The summed E-state index contributed by atoms with van der Waals surface area (Å²) in [5.74, 6) is -1.20. The average molecular weight is 192 g/mol. The second kappa shape index (κ2) is 3.21. The van der Waals surface area contributed by atoms with Crippen molar-refractivity contribution in [3.8, 4) is 11.3 Å². The molecule has 2 heterocycles. The zero-order chi connectivity index (χ0) is 9.97. The summed E-state index contributed by atoms with van der Waals surface area (Å²) in [5.41, 5.74) is 0.323. The number of carboxylic acids is 1. The van der Waals surface area contributed by atoms with E-state index in [-0.39, 0.29) is 11.4 Å². The molecule has 14 heavy (non-hydrogen) atoms. The van der Waals surface area contributed by atoms with Gasteiger partial charge in [-0.25, -0.2) is 19.4 Å². The minimum Gasteiger partial charge on any atom is -0.476 e. The Morgan fingerprint density at radius 2 is 2.00 bits per heavy atom. The first kappa shape index (κ1) is 8.30. The number of aromatic carboxylic acids is 1. The smallest absolute Gasteiger partial charge is 0.360 e. The summed E-state index contributed by atoms with van der Waals surface area (Å²) in [6.45, 7) is 0. The van der Waals surface area contributed by atoms with Gasteiger partial charge in [0, 0.05) is 18.0 Å². The molecule has 2 rings (SSSR count). The summed E-state index contributed by atoms with van der Waals surface area (Å²) in [4.78, 5) is 18.1. The molecule has 0 saturated carbocycles. The van der Waals surface area contributed by atoms with E-state index in [1.807, 2.05) is 0 Å². The van der Waals surface area contributed by atoms with E-state index in [4.69, 9.17) is 5.11 Å². The minimum atomic E-state index is -1.20. The van der Waals surface area contributed by atoms with Crippen molar-refractivity contribution in [1.82, 2.24) is 20.3 Å². The number of carbonyl (C=O) groups is 1. The Bertz CT molecular complexity index is 453. The third kappa shape index (κ3) is 1.30. The maximum Gasteiger partial charge on any atom is 0.360 e. The summed E-state index contributed by atoms with van der Waals surface area (Å²) < 4.78 is 4.32. The maximum absolute atomic E-state index is 10.7. The maximum atomic E-state index is 10.7. The summed E-state index contributed by atoms with van der Waals surface area (Å²) in [7, 11) is 0. The van der Waals surface area contributed by atoms with Gasteiger partial charge in [0.25, 0.3) is 0 Å². The van der Waals surface area contributed by atoms with Crippen LogP contribution in [0.3, 0.4) is 0 Å². The van der Waals surface area contributed by atoms with E-state index in [9.17, 15) is 4.79 Å². The fourth-order valence-corrected chi connectivity index (χ4v) is 0.940. The molecule has 0 aromatic carbocycles. The van der Waals surface area contributed by atoms with Crippen molar-refractivity contribution in [3.63, 3.8) is 0 Å². The van der Waals surface area contributed by atoms with Gasteiger partial charge in [0.15, 0.2) is 5.69 Å². The van der Waals surface area contributed by atoms with Gasteiger partial charge in [-0.2, -0.15) is 0 Å². The number of carboxylic acid groups (broad SMARTS) is 1. The molecule has 0 atom stereocenters. The Morgan fingerprint density at radius 3 is 2.64 bits per heavy atom. The molecule has 1 N–H and O–H groups in total. The number of hydrogen-bond donors (Lipinski definition) is 1. The quantitative estimate of drug-likeness (QED) is 0.726. The van der Waals surface area contributed by atoms with Crippen molar-refractivity contribution >= 4 is 5.97 Å². The van der Waals surface area contributed by atoms with Gasteiger partial charge >= 0.3 is 5.97 Å². The van der Waals surface area contributed by atoms with E-state index in [2.05, 4.69) is 24.9 Å². The van der Waals surface area contributed by atoms with Crippen molar-refractivity contribution in [3.05, 3.63) is 24.4 Å². The molecule has 7 heteroatoms. The lowest BCUT2D eigenvalue weighted by atomic mass is 10.2. The van der Waals surface area contributed by atoms with Gasteiger partial charge in [-0.1, -0.05) is 0 Å². The molecule has 0 fully saturated rings. The zero-order valence-electron chi connectivity index (χ0n) is 6.78. The fraction of sp³-hybridized carbons (Fsp3) is 0. The van der Waals surface area contributed by atoms with Crippen LogP contribution in [-0.2, 0) is 0 Å². The minimum absolute atomic E-state index is 0.123. The molecule has 7 nitrogen and oxygen atoms in total. The Kier molecular flexibility index (Phi) is 1.90. The van der Waals surface area contributed by atoms with Crippen LogP contribution in [-0.4, -0.2) is 31.4 Å². The summed E-state index contributed by atoms with van der Waals surface area (Å²) >= 11 is 0. The lowest BCUT2D eigenvalue weighted by molar-refractivity contribution is 0.0685. The number of aromatic nitrogens is 4. The molecular formula is C7H4N4O3. The van der Waals surface area contributed by atoms with E-state index < -0.39 is 5.97 Å². The number of hydrogen-bond acceptors (Lipinski definition) is 6. The Morgan fingerprint density at radius 1 is 1.29 bits per heavy atom. The van der Waals surface area contributed by atoms with Crippen LogP contribution in [0.5, 0.6) is 0 Å². The predicted molar refractivity (Wildman–Crippen MR) is 42.3 cm³/mol. The summed E-state index contributed by atoms with van der Waals surface area (Å²) in [6, 6.07) is 0. The van der Waals surface area contributed by atoms with Gasteiger partial charge in [0.05, 0.1) is 0 Å².